The molecule has 2 aromatic carbocycles. The molecule has 0 aliphatic carbocycles. The SMILES string of the molecule is COc1cccc(CNCc2ccc(C(F)F)cc2)c1. The molecule has 0 atom stereocenters. The quantitative estimate of drug-likeness (QED) is 0.864. The summed E-state index contributed by atoms with van der Waals surface area (Å²) in [5, 5.41) is 3.27. The molecule has 0 aromatic heterocycles. The van der Waals surface area contributed by atoms with Crippen molar-refractivity contribution in [1.29, 1.82) is 0 Å². The van der Waals surface area contributed by atoms with Crippen LogP contribution in [0.15, 0.2) is 48.5 Å². The average molecular weight is 277 g/mol. The smallest absolute Gasteiger partial charge is 0.263 e. The van der Waals surface area contributed by atoms with Gasteiger partial charge in [-0.1, -0.05) is 36.4 Å². The third kappa shape index (κ3) is 4.03. The van der Waals surface area contributed by atoms with E-state index < -0.39 is 6.43 Å². The van der Waals surface area contributed by atoms with Crippen LogP contribution in [0, 0.1) is 0 Å². The van der Waals surface area contributed by atoms with Crippen LogP contribution in [0.25, 0.3) is 0 Å². The Kier molecular flexibility index (Phi) is 5.07. The minimum atomic E-state index is -2.41. The standard InChI is InChI=1S/C16H17F2NO/c1-20-15-4-2-3-13(9-15)11-19-10-12-5-7-14(8-6-12)16(17)18/h2-9,16,19H,10-11H2,1H3. The van der Waals surface area contributed by atoms with Crippen molar-refractivity contribution in [2.75, 3.05) is 7.11 Å². The van der Waals surface area contributed by atoms with Crippen LogP contribution in [-0.2, 0) is 13.1 Å². The summed E-state index contributed by atoms with van der Waals surface area (Å²) in [6, 6.07) is 14.2. The van der Waals surface area contributed by atoms with Gasteiger partial charge in [-0.05, 0) is 23.3 Å². The minimum Gasteiger partial charge on any atom is -0.497 e. The monoisotopic (exact) mass is 277 g/mol. The molecule has 0 aliphatic rings. The van der Waals surface area contributed by atoms with Crippen molar-refractivity contribution in [3.63, 3.8) is 0 Å². The van der Waals surface area contributed by atoms with Gasteiger partial charge in [-0.3, -0.25) is 0 Å². The average Bonchev–Trinajstić information content (AvgIpc) is 2.48. The van der Waals surface area contributed by atoms with Gasteiger partial charge < -0.3 is 10.1 Å². The van der Waals surface area contributed by atoms with E-state index in [1.807, 2.05) is 24.3 Å². The molecule has 0 aliphatic heterocycles. The summed E-state index contributed by atoms with van der Waals surface area (Å²) in [7, 11) is 1.64. The fourth-order valence-corrected chi connectivity index (χ4v) is 1.91. The lowest BCUT2D eigenvalue weighted by atomic mass is 10.1. The molecule has 2 nitrogen and oxygen atoms in total. The first-order chi connectivity index (χ1) is 9.69. The first-order valence-electron chi connectivity index (χ1n) is 6.39. The molecule has 0 bridgehead atoms. The second-order valence-electron chi connectivity index (χ2n) is 4.50. The van der Waals surface area contributed by atoms with Crippen molar-refractivity contribution >= 4 is 0 Å². The summed E-state index contributed by atoms with van der Waals surface area (Å²) in [5.41, 5.74) is 2.16. The van der Waals surface area contributed by atoms with Crippen LogP contribution >= 0.6 is 0 Å². The normalized spacial score (nSPS) is 10.8. The van der Waals surface area contributed by atoms with Crippen LogP contribution in [0.4, 0.5) is 8.78 Å². The van der Waals surface area contributed by atoms with Crippen molar-refractivity contribution in [2.45, 2.75) is 19.5 Å². The van der Waals surface area contributed by atoms with Gasteiger partial charge in [-0.25, -0.2) is 8.78 Å². The lowest BCUT2D eigenvalue weighted by molar-refractivity contribution is 0.151. The molecular formula is C16H17F2NO. The van der Waals surface area contributed by atoms with Crippen molar-refractivity contribution in [3.05, 3.63) is 65.2 Å². The van der Waals surface area contributed by atoms with E-state index in [0.29, 0.717) is 13.1 Å². The van der Waals surface area contributed by atoms with E-state index in [9.17, 15) is 8.78 Å². The highest BCUT2D eigenvalue weighted by Crippen LogP contribution is 2.18. The molecule has 4 heteroatoms. The maximum Gasteiger partial charge on any atom is 0.263 e. The first-order valence-corrected chi connectivity index (χ1v) is 6.39. The van der Waals surface area contributed by atoms with Crippen molar-refractivity contribution < 1.29 is 13.5 Å². The number of hydrogen-bond donors (Lipinski definition) is 1. The fraction of sp³-hybridized carbons (Fsp3) is 0.250. The van der Waals surface area contributed by atoms with E-state index in [1.165, 1.54) is 12.1 Å². The molecule has 0 saturated carbocycles. The molecule has 0 fully saturated rings. The van der Waals surface area contributed by atoms with Gasteiger partial charge in [0, 0.05) is 18.7 Å². The number of hydrogen-bond acceptors (Lipinski definition) is 2. The topological polar surface area (TPSA) is 21.3 Å². The third-order valence-corrected chi connectivity index (χ3v) is 3.02. The highest BCUT2D eigenvalue weighted by atomic mass is 19.3. The van der Waals surface area contributed by atoms with Crippen LogP contribution in [-0.4, -0.2) is 7.11 Å². The van der Waals surface area contributed by atoms with Crippen molar-refractivity contribution in [2.24, 2.45) is 0 Å². The second kappa shape index (κ2) is 7.01. The second-order valence-corrected chi connectivity index (χ2v) is 4.50. The number of alkyl halides is 2. The molecule has 2 aromatic rings. The lowest BCUT2D eigenvalue weighted by Gasteiger charge is -2.07. The van der Waals surface area contributed by atoms with Crippen LogP contribution in [0.3, 0.4) is 0 Å². The molecule has 1 N–H and O–H groups in total. The summed E-state index contributed by atoms with van der Waals surface area (Å²) in [4.78, 5) is 0. The number of benzene rings is 2. The maximum absolute atomic E-state index is 12.4. The van der Waals surface area contributed by atoms with Crippen molar-refractivity contribution in [3.8, 4) is 5.75 Å². The van der Waals surface area contributed by atoms with Gasteiger partial charge in [-0.2, -0.15) is 0 Å². The summed E-state index contributed by atoms with van der Waals surface area (Å²) in [5.74, 6) is 0.825. The largest absolute Gasteiger partial charge is 0.497 e. The summed E-state index contributed by atoms with van der Waals surface area (Å²) in [6.07, 6.45) is -2.41. The number of ether oxygens (including phenoxy) is 1. The van der Waals surface area contributed by atoms with E-state index in [4.69, 9.17) is 4.74 Å². The van der Waals surface area contributed by atoms with Crippen LogP contribution in [0.2, 0.25) is 0 Å². The molecule has 2 rings (SSSR count). The Morgan fingerprint density at radius 2 is 1.70 bits per heavy atom. The molecule has 0 amide bonds. The van der Waals surface area contributed by atoms with E-state index in [0.717, 1.165) is 16.9 Å². The number of halogens is 2. The van der Waals surface area contributed by atoms with Gasteiger partial charge in [-0.15, -0.1) is 0 Å². The number of rotatable bonds is 6. The molecule has 0 spiro atoms. The molecule has 0 saturated heterocycles. The fourth-order valence-electron chi connectivity index (χ4n) is 1.91. The molecule has 106 valence electrons. The Labute approximate surface area is 117 Å². The highest BCUT2D eigenvalue weighted by Gasteiger charge is 2.05. The Morgan fingerprint density at radius 1 is 1.00 bits per heavy atom. The summed E-state index contributed by atoms with van der Waals surface area (Å²) < 4.78 is 30.0. The molecular weight excluding hydrogens is 260 g/mol. The van der Waals surface area contributed by atoms with E-state index in [2.05, 4.69) is 5.32 Å². The summed E-state index contributed by atoms with van der Waals surface area (Å²) >= 11 is 0. The Bertz CT molecular complexity index is 540. The van der Waals surface area contributed by atoms with Gasteiger partial charge >= 0.3 is 0 Å². The Hall–Kier alpha value is -1.94. The van der Waals surface area contributed by atoms with Crippen LogP contribution in [0.5, 0.6) is 5.75 Å². The maximum atomic E-state index is 12.4. The van der Waals surface area contributed by atoms with Gasteiger partial charge in [0.1, 0.15) is 5.75 Å². The molecule has 0 heterocycles. The molecule has 0 unspecified atom stereocenters. The Morgan fingerprint density at radius 3 is 2.35 bits per heavy atom. The van der Waals surface area contributed by atoms with Gasteiger partial charge in [0.2, 0.25) is 0 Å². The van der Waals surface area contributed by atoms with Gasteiger partial charge in [0.25, 0.3) is 6.43 Å². The first kappa shape index (κ1) is 14.5. The van der Waals surface area contributed by atoms with Gasteiger partial charge in [0.05, 0.1) is 7.11 Å². The zero-order chi connectivity index (χ0) is 14.4. The Balaban J connectivity index is 1.86. The molecule has 20 heavy (non-hydrogen) atoms. The number of nitrogens with one attached hydrogen (secondary N) is 1. The lowest BCUT2D eigenvalue weighted by Crippen LogP contribution is -2.12. The van der Waals surface area contributed by atoms with Crippen LogP contribution in [0.1, 0.15) is 23.1 Å². The zero-order valence-corrected chi connectivity index (χ0v) is 11.3. The predicted molar refractivity (Wildman–Crippen MR) is 74.9 cm³/mol. The zero-order valence-electron chi connectivity index (χ0n) is 11.3. The van der Waals surface area contributed by atoms with E-state index in [-0.39, 0.29) is 5.56 Å². The van der Waals surface area contributed by atoms with Gasteiger partial charge in [0.15, 0.2) is 0 Å². The predicted octanol–water partition coefficient (Wildman–Crippen LogP) is 3.92. The number of methoxy groups -OCH3 is 1. The van der Waals surface area contributed by atoms with Crippen LogP contribution < -0.4 is 10.1 Å². The van der Waals surface area contributed by atoms with E-state index >= 15 is 0 Å². The van der Waals surface area contributed by atoms with Crippen molar-refractivity contribution in [1.82, 2.24) is 5.32 Å². The molecule has 0 radical (unpaired) electrons. The highest BCUT2D eigenvalue weighted by molar-refractivity contribution is 5.28. The third-order valence-electron chi connectivity index (χ3n) is 3.02. The van der Waals surface area contributed by atoms with E-state index in [1.54, 1.807) is 19.2 Å². The summed E-state index contributed by atoms with van der Waals surface area (Å²) in [6.45, 7) is 1.34. The minimum absolute atomic E-state index is 0.0570.